The summed E-state index contributed by atoms with van der Waals surface area (Å²) in [5, 5.41) is 10.3. The molecule has 29 heavy (non-hydrogen) atoms. The lowest BCUT2D eigenvalue weighted by Gasteiger charge is -2.09. The SMILES string of the molecule is CC(=O)Nc1cc(NC(=O)Cc2c(C)nn(-c3ccc(Cl)cc3)c2C)ccc1F. The Morgan fingerprint density at radius 3 is 2.45 bits per heavy atom. The Labute approximate surface area is 172 Å². The van der Waals surface area contributed by atoms with Crippen molar-refractivity contribution < 1.29 is 14.0 Å². The maximum Gasteiger partial charge on any atom is 0.228 e. The Bertz CT molecular complexity index is 1080. The van der Waals surface area contributed by atoms with Crippen LogP contribution < -0.4 is 10.6 Å². The molecule has 0 aliphatic heterocycles. The molecule has 150 valence electrons. The molecule has 2 N–H and O–H groups in total. The zero-order valence-corrected chi connectivity index (χ0v) is 17.0. The third-order valence-electron chi connectivity index (χ3n) is 4.41. The van der Waals surface area contributed by atoms with Gasteiger partial charge in [0.2, 0.25) is 11.8 Å². The van der Waals surface area contributed by atoms with Crippen LogP contribution in [0.25, 0.3) is 5.69 Å². The highest BCUT2D eigenvalue weighted by Crippen LogP contribution is 2.22. The zero-order chi connectivity index (χ0) is 21.1. The zero-order valence-electron chi connectivity index (χ0n) is 16.2. The predicted molar refractivity (Wildman–Crippen MR) is 111 cm³/mol. The number of nitrogens with one attached hydrogen (secondary N) is 2. The van der Waals surface area contributed by atoms with Crippen molar-refractivity contribution in [2.45, 2.75) is 27.2 Å². The summed E-state index contributed by atoms with van der Waals surface area (Å²) in [7, 11) is 0. The van der Waals surface area contributed by atoms with Crippen LogP contribution in [-0.2, 0) is 16.0 Å². The van der Waals surface area contributed by atoms with Crippen molar-refractivity contribution in [1.29, 1.82) is 0 Å². The van der Waals surface area contributed by atoms with Crippen molar-refractivity contribution in [1.82, 2.24) is 9.78 Å². The Morgan fingerprint density at radius 1 is 1.10 bits per heavy atom. The Hall–Kier alpha value is -3.19. The standard InChI is InChI=1S/C21H20ClFN4O2/c1-12-18(13(2)27(26-12)17-7-4-15(22)5-8-17)11-21(29)25-16-6-9-19(23)20(10-16)24-14(3)28/h4-10H,11H2,1-3H3,(H,24,28)(H,25,29). The fourth-order valence-electron chi connectivity index (χ4n) is 3.02. The van der Waals surface area contributed by atoms with Crippen LogP contribution in [0.15, 0.2) is 42.5 Å². The van der Waals surface area contributed by atoms with Crippen LogP contribution in [0.2, 0.25) is 5.02 Å². The maximum absolute atomic E-state index is 13.8. The van der Waals surface area contributed by atoms with Gasteiger partial charge in [-0.2, -0.15) is 5.10 Å². The Morgan fingerprint density at radius 2 is 1.79 bits per heavy atom. The van der Waals surface area contributed by atoms with Gasteiger partial charge in [-0.3, -0.25) is 9.59 Å². The van der Waals surface area contributed by atoms with E-state index in [4.69, 9.17) is 11.6 Å². The van der Waals surface area contributed by atoms with Gasteiger partial charge in [0.25, 0.3) is 0 Å². The van der Waals surface area contributed by atoms with Gasteiger partial charge < -0.3 is 10.6 Å². The largest absolute Gasteiger partial charge is 0.326 e. The number of anilines is 2. The van der Waals surface area contributed by atoms with E-state index >= 15 is 0 Å². The summed E-state index contributed by atoms with van der Waals surface area (Å²) in [6.45, 7) is 5.02. The second-order valence-electron chi connectivity index (χ2n) is 6.64. The van der Waals surface area contributed by atoms with E-state index in [-0.39, 0.29) is 18.0 Å². The first kappa shape index (κ1) is 20.5. The fraction of sp³-hybridized carbons (Fsp3) is 0.190. The number of carbonyl (C=O) groups excluding carboxylic acids is 2. The Balaban J connectivity index is 1.78. The van der Waals surface area contributed by atoms with E-state index in [2.05, 4.69) is 15.7 Å². The van der Waals surface area contributed by atoms with E-state index in [9.17, 15) is 14.0 Å². The van der Waals surface area contributed by atoms with E-state index in [1.165, 1.54) is 25.1 Å². The lowest BCUT2D eigenvalue weighted by molar-refractivity contribution is -0.116. The van der Waals surface area contributed by atoms with Gasteiger partial charge in [0.1, 0.15) is 5.82 Å². The number of halogens is 2. The highest BCUT2D eigenvalue weighted by Gasteiger charge is 2.16. The summed E-state index contributed by atoms with van der Waals surface area (Å²) in [5.41, 5.74) is 3.64. The molecule has 0 aliphatic rings. The van der Waals surface area contributed by atoms with Gasteiger partial charge in [0.15, 0.2) is 0 Å². The summed E-state index contributed by atoms with van der Waals surface area (Å²) in [5.74, 6) is -1.24. The smallest absolute Gasteiger partial charge is 0.228 e. The molecular formula is C21H20ClFN4O2. The number of aryl methyl sites for hydroxylation is 1. The van der Waals surface area contributed by atoms with Crippen LogP contribution in [0.3, 0.4) is 0 Å². The van der Waals surface area contributed by atoms with Crippen molar-refractivity contribution >= 4 is 34.8 Å². The van der Waals surface area contributed by atoms with E-state index in [0.717, 1.165) is 22.6 Å². The van der Waals surface area contributed by atoms with Gasteiger partial charge in [-0.25, -0.2) is 9.07 Å². The number of nitrogens with zero attached hydrogens (tertiary/aromatic N) is 2. The lowest BCUT2D eigenvalue weighted by Crippen LogP contribution is -2.16. The second-order valence-corrected chi connectivity index (χ2v) is 7.07. The molecule has 0 saturated heterocycles. The molecule has 0 radical (unpaired) electrons. The first-order chi connectivity index (χ1) is 13.7. The number of carbonyl (C=O) groups is 2. The second kappa shape index (κ2) is 8.45. The van der Waals surface area contributed by atoms with Crippen molar-refractivity contribution in [3.05, 3.63) is 70.3 Å². The summed E-state index contributed by atoms with van der Waals surface area (Å²) in [6.07, 6.45) is 0.109. The molecule has 0 atom stereocenters. The number of benzene rings is 2. The van der Waals surface area contributed by atoms with Gasteiger partial charge in [-0.1, -0.05) is 11.6 Å². The molecule has 0 bridgehead atoms. The number of amides is 2. The van der Waals surface area contributed by atoms with Crippen LogP contribution in [-0.4, -0.2) is 21.6 Å². The molecule has 0 unspecified atom stereocenters. The Kier molecular flexibility index (Phi) is 5.98. The normalized spacial score (nSPS) is 10.7. The van der Waals surface area contributed by atoms with Crippen LogP contribution in [0.4, 0.5) is 15.8 Å². The third-order valence-corrected chi connectivity index (χ3v) is 4.66. The molecule has 2 amide bonds. The third kappa shape index (κ3) is 4.81. The number of hydrogen-bond acceptors (Lipinski definition) is 3. The number of hydrogen-bond donors (Lipinski definition) is 2. The summed E-state index contributed by atoms with van der Waals surface area (Å²) >= 11 is 5.94. The first-order valence-electron chi connectivity index (χ1n) is 8.92. The van der Waals surface area contributed by atoms with Crippen molar-refractivity contribution in [3.63, 3.8) is 0 Å². The minimum absolute atomic E-state index is 0.0122. The number of aromatic nitrogens is 2. The minimum atomic E-state index is -0.575. The van der Waals surface area contributed by atoms with Crippen molar-refractivity contribution in [2.24, 2.45) is 0 Å². The minimum Gasteiger partial charge on any atom is -0.326 e. The summed E-state index contributed by atoms with van der Waals surface area (Å²) in [6, 6.07) is 11.3. The van der Waals surface area contributed by atoms with Gasteiger partial charge >= 0.3 is 0 Å². The molecule has 0 aliphatic carbocycles. The average Bonchev–Trinajstić information content (AvgIpc) is 2.93. The molecule has 1 aromatic heterocycles. The molecule has 3 rings (SSSR count). The molecule has 1 heterocycles. The highest BCUT2D eigenvalue weighted by molar-refractivity contribution is 6.30. The molecule has 0 fully saturated rings. The monoisotopic (exact) mass is 414 g/mol. The van der Waals surface area contributed by atoms with E-state index < -0.39 is 11.7 Å². The van der Waals surface area contributed by atoms with Crippen molar-refractivity contribution in [3.8, 4) is 5.69 Å². The fourth-order valence-corrected chi connectivity index (χ4v) is 3.14. The molecule has 0 spiro atoms. The van der Waals surface area contributed by atoms with E-state index in [0.29, 0.717) is 10.7 Å². The van der Waals surface area contributed by atoms with Crippen LogP contribution >= 0.6 is 11.6 Å². The van der Waals surface area contributed by atoms with Crippen LogP contribution in [0, 0.1) is 19.7 Å². The maximum atomic E-state index is 13.8. The van der Waals surface area contributed by atoms with Crippen molar-refractivity contribution in [2.75, 3.05) is 10.6 Å². The highest BCUT2D eigenvalue weighted by atomic mass is 35.5. The molecule has 2 aromatic carbocycles. The molecule has 8 heteroatoms. The lowest BCUT2D eigenvalue weighted by atomic mass is 10.1. The van der Waals surface area contributed by atoms with E-state index in [1.54, 1.807) is 16.8 Å². The van der Waals surface area contributed by atoms with Crippen LogP contribution in [0.1, 0.15) is 23.9 Å². The van der Waals surface area contributed by atoms with Gasteiger partial charge in [-0.15, -0.1) is 0 Å². The molecule has 3 aromatic rings. The van der Waals surface area contributed by atoms with Crippen LogP contribution in [0.5, 0.6) is 0 Å². The predicted octanol–water partition coefficient (Wildman–Crippen LogP) is 4.42. The van der Waals surface area contributed by atoms with E-state index in [1.807, 2.05) is 26.0 Å². The molecule has 0 saturated carbocycles. The summed E-state index contributed by atoms with van der Waals surface area (Å²) in [4.78, 5) is 23.7. The average molecular weight is 415 g/mol. The first-order valence-corrected chi connectivity index (χ1v) is 9.30. The van der Waals surface area contributed by atoms with Gasteiger partial charge in [0, 0.05) is 28.9 Å². The van der Waals surface area contributed by atoms with Gasteiger partial charge in [-0.05, 0) is 56.3 Å². The summed E-state index contributed by atoms with van der Waals surface area (Å²) < 4.78 is 15.5. The quantitative estimate of drug-likeness (QED) is 0.648. The number of rotatable bonds is 5. The molecule has 6 nitrogen and oxygen atoms in total. The topological polar surface area (TPSA) is 76.0 Å². The van der Waals surface area contributed by atoms with Gasteiger partial charge in [0.05, 0.1) is 23.5 Å². The molecular weight excluding hydrogens is 395 g/mol.